The Morgan fingerprint density at radius 2 is 2.09 bits per heavy atom. The predicted molar refractivity (Wildman–Crippen MR) is 81.0 cm³/mol. The van der Waals surface area contributed by atoms with Crippen LogP contribution in [0, 0.1) is 0 Å². The van der Waals surface area contributed by atoms with Crippen LogP contribution in [-0.2, 0) is 22.1 Å². The molecule has 0 amide bonds. The van der Waals surface area contributed by atoms with Crippen molar-refractivity contribution in [3.8, 4) is 0 Å². The number of benzene rings is 1. The molecule has 1 heterocycles. The lowest BCUT2D eigenvalue weighted by molar-refractivity contribution is -0.145. The van der Waals surface area contributed by atoms with Crippen molar-refractivity contribution < 1.29 is 22.7 Å². The number of nitrogen functional groups attached to an aromatic ring is 1. The number of aromatic nitrogens is 1. The average Bonchev–Trinajstić information content (AvgIpc) is 2.90. The van der Waals surface area contributed by atoms with Gasteiger partial charge in [-0.2, -0.15) is 13.2 Å². The number of anilines is 1. The molecule has 8 heteroatoms. The molecule has 124 valence electrons. The van der Waals surface area contributed by atoms with E-state index < -0.39 is 23.6 Å². The van der Waals surface area contributed by atoms with Crippen molar-refractivity contribution in [1.82, 2.24) is 4.98 Å². The molecule has 0 bridgehead atoms. The second-order valence-electron chi connectivity index (χ2n) is 4.77. The van der Waals surface area contributed by atoms with Gasteiger partial charge in [-0.05, 0) is 25.0 Å². The van der Waals surface area contributed by atoms with Crippen molar-refractivity contribution in [2.75, 3.05) is 12.3 Å². The van der Waals surface area contributed by atoms with E-state index in [0.29, 0.717) is 5.69 Å². The molecule has 0 saturated heterocycles. The van der Waals surface area contributed by atoms with Crippen LogP contribution >= 0.6 is 11.3 Å². The second-order valence-corrected chi connectivity index (χ2v) is 5.66. The molecule has 2 N–H and O–H groups in total. The highest BCUT2D eigenvalue weighted by Crippen LogP contribution is 2.34. The zero-order valence-electron chi connectivity index (χ0n) is 12.3. The Morgan fingerprint density at radius 3 is 2.65 bits per heavy atom. The van der Waals surface area contributed by atoms with Crippen LogP contribution in [0.5, 0.6) is 0 Å². The molecule has 0 saturated carbocycles. The van der Waals surface area contributed by atoms with Crippen molar-refractivity contribution in [2.45, 2.75) is 25.4 Å². The van der Waals surface area contributed by atoms with E-state index in [9.17, 15) is 18.0 Å². The number of alkyl halides is 3. The van der Waals surface area contributed by atoms with Gasteiger partial charge < -0.3 is 10.5 Å². The first-order chi connectivity index (χ1) is 10.8. The number of carbonyl (C=O) groups excluding carboxylic acids is 1. The third-order valence-corrected chi connectivity index (χ3v) is 3.91. The van der Waals surface area contributed by atoms with Crippen molar-refractivity contribution >= 4 is 22.4 Å². The minimum absolute atomic E-state index is 0.0182. The van der Waals surface area contributed by atoms with E-state index in [4.69, 9.17) is 10.5 Å². The van der Waals surface area contributed by atoms with Gasteiger partial charge in [0.2, 0.25) is 0 Å². The van der Waals surface area contributed by atoms with Crippen LogP contribution in [0.2, 0.25) is 0 Å². The molecule has 0 radical (unpaired) electrons. The van der Waals surface area contributed by atoms with Crippen molar-refractivity contribution in [2.24, 2.45) is 0 Å². The van der Waals surface area contributed by atoms with E-state index in [2.05, 4.69) is 4.98 Å². The fourth-order valence-corrected chi connectivity index (χ4v) is 2.82. The first kappa shape index (κ1) is 17.3. The van der Waals surface area contributed by atoms with E-state index in [0.717, 1.165) is 17.4 Å². The van der Waals surface area contributed by atoms with Gasteiger partial charge in [-0.25, -0.2) is 4.98 Å². The smallest absolute Gasteiger partial charge is 0.416 e. The monoisotopic (exact) mass is 344 g/mol. The number of nitrogens with two attached hydrogens (primary N) is 1. The van der Waals surface area contributed by atoms with Gasteiger partial charge in [0, 0.05) is 5.38 Å². The largest absolute Gasteiger partial charge is 0.465 e. The maximum absolute atomic E-state index is 13.1. The molecule has 2 rings (SSSR count). The fourth-order valence-electron chi connectivity index (χ4n) is 2.21. The fraction of sp³-hybridized carbons (Fsp3) is 0.333. The number of esters is 1. The minimum atomic E-state index is -4.49. The Hall–Kier alpha value is -2.09. The summed E-state index contributed by atoms with van der Waals surface area (Å²) < 4.78 is 44.3. The zero-order valence-corrected chi connectivity index (χ0v) is 13.1. The summed E-state index contributed by atoms with van der Waals surface area (Å²) in [6.45, 7) is 1.77. The van der Waals surface area contributed by atoms with Crippen molar-refractivity contribution in [3.63, 3.8) is 0 Å². The van der Waals surface area contributed by atoms with Crippen LogP contribution in [0.4, 0.5) is 18.3 Å². The third kappa shape index (κ3) is 4.22. The number of hydrogen-bond donors (Lipinski definition) is 1. The summed E-state index contributed by atoms with van der Waals surface area (Å²) in [6.07, 6.45) is -4.64. The van der Waals surface area contributed by atoms with Crippen LogP contribution in [0.25, 0.3) is 0 Å². The molecule has 4 nitrogen and oxygen atoms in total. The van der Waals surface area contributed by atoms with Gasteiger partial charge >= 0.3 is 12.1 Å². The predicted octanol–water partition coefficient (Wildman–Crippen LogP) is 3.63. The third-order valence-electron chi connectivity index (χ3n) is 3.21. The van der Waals surface area contributed by atoms with E-state index >= 15 is 0 Å². The number of rotatable bonds is 5. The Balaban J connectivity index is 2.37. The van der Waals surface area contributed by atoms with E-state index in [1.54, 1.807) is 12.3 Å². The molecule has 0 spiro atoms. The van der Waals surface area contributed by atoms with Crippen LogP contribution in [0.1, 0.15) is 29.7 Å². The van der Waals surface area contributed by atoms with Crippen LogP contribution < -0.4 is 5.73 Å². The highest BCUT2D eigenvalue weighted by molar-refractivity contribution is 7.13. The van der Waals surface area contributed by atoms with Gasteiger partial charge in [-0.1, -0.05) is 18.2 Å². The van der Waals surface area contributed by atoms with Crippen molar-refractivity contribution in [3.05, 3.63) is 46.5 Å². The Bertz CT molecular complexity index is 685. The first-order valence-corrected chi connectivity index (χ1v) is 7.73. The van der Waals surface area contributed by atoms with Gasteiger partial charge in [0.1, 0.15) is 5.92 Å². The standard InChI is InChI=1S/C15H15F3N2O2S/c1-2-22-13(21)10(12-8-23-14(19)20-12)7-9-5-3-4-6-11(9)15(16,17)18/h3-6,8,10H,2,7H2,1H3,(H2,19,20). The number of carbonyl (C=O) groups is 1. The van der Waals surface area contributed by atoms with Crippen LogP contribution in [-0.4, -0.2) is 17.6 Å². The maximum atomic E-state index is 13.1. The summed E-state index contributed by atoms with van der Waals surface area (Å²) in [5, 5.41) is 1.81. The molecule has 1 unspecified atom stereocenters. The number of hydrogen-bond acceptors (Lipinski definition) is 5. The summed E-state index contributed by atoms with van der Waals surface area (Å²) >= 11 is 1.13. The summed E-state index contributed by atoms with van der Waals surface area (Å²) in [5.41, 5.74) is 5.13. The van der Waals surface area contributed by atoms with Gasteiger partial charge in [0.25, 0.3) is 0 Å². The second kappa shape index (κ2) is 6.99. The lowest BCUT2D eigenvalue weighted by atomic mass is 9.93. The highest BCUT2D eigenvalue weighted by atomic mass is 32.1. The number of ether oxygens (including phenoxy) is 1. The van der Waals surface area contributed by atoms with Gasteiger partial charge in [-0.3, -0.25) is 4.79 Å². The SMILES string of the molecule is CCOC(=O)C(Cc1ccccc1C(F)(F)F)c1csc(N)n1. The number of nitrogens with zero attached hydrogens (tertiary/aromatic N) is 1. The lowest BCUT2D eigenvalue weighted by Crippen LogP contribution is -2.20. The van der Waals surface area contributed by atoms with Crippen LogP contribution in [0.3, 0.4) is 0 Å². The van der Waals surface area contributed by atoms with Gasteiger partial charge in [-0.15, -0.1) is 11.3 Å². The number of halogens is 3. The number of thiazole rings is 1. The summed E-state index contributed by atoms with van der Waals surface area (Å²) in [4.78, 5) is 16.2. The molecular formula is C15H15F3N2O2S. The Labute approximate surface area is 135 Å². The molecule has 1 aromatic heterocycles. The molecule has 0 aliphatic heterocycles. The Morgan fingerprint density at radius 1 is 1.39 bits per heavy atom. The van der Waals surface area contributed by atoms with Gasteiger partial charge in [0.15, 0.2) is 5.13 Å². The van der Waals surface area contributed by atoms with Crippen LogP contribution in [0.15, 0.2) is 29.6 Å². The molecular weight excluding hydrogens is 329 g/mol. The molecule has 23 heavy (non-hydrogen) atoms. The summed E-state index contributed by atoms with van der Waals surface area (Å²) in [7, 11) is 0. The molecule has 0 aliphatic rings. The highest BCUT2D eigenvalue weighted by Gasteiger charge is 2.35. The van der Waals surface area contributed by atoms with E-state index in [-0.39, 0.29) is 23.7 Å². The first-order valence-electron chi connectivity index (χ1n) is 6.85. The van der Waals surface area contributed by atoms with Gasteiger partial charge in [0.05, 0.1) is 17.9 Å². The summed E-state index contributed by atoms with van der Waals surface area (Å²) in [6, 6.07) is 5.16. The molecule has 1 atom stereocenters. The van der Waals surface area contributed by atoms with E-state index in [1.807, 2.05) is 0 Å². The molecule has 0 aliphatic carbocycles. The summed E-state index contributed by atoms with van der Waals surface area (Å²) in [5.74, 6) is -1.54. The van der Waals surface area contributed by atoms with Crippen molar-refractivity contribution in [1.29, 1.82) is 0 Å². The Kier molecular flexibility index (Phi) is 5.25. The maximum Gasteiger partial charge on any atom is 0.416 e. The average molecular weight is 344 g/mol. The molecule has 2 aromatic rings. The van der Waals surface area contributed by atoms with E-state index in [1.165, 1.54) is 18.2 Å². The quantitative estimate of drug-likeness (QED) is 0.841. The topological polar surface area (TPSA) is 65.2 Å². The normalized spacial score (nSPS) is 12.9. The minimum Gasteiger partial charge on any atom is -0.465 e. The lowest BCUT2D eigenvalue weighted by Gasteiger charge is -2.17. The molecule has 1 aromatic carbocycles. The molecule has 0 fully saturated rings. The zero-order chi connectivity index (χ0) is 17.0.